The normalized spacial score (nSPS) is 28.2. The molecule has 0 saturated carbocycles. The van der Waals surface area contributed by atoms with Crippen LogP contribution in [-0.2, 0) is 19.2 Å². The zero-order valence-corrected chi connectivity index (χ0v) is 10.3. The minimum Gasteiger partial charge on any atom is -0.733 e. The second-order valence-corrected chi connectivity index (χ2v) is 4.47. The third-order valence-electron chi connectivity index (χ3n) is 3.12. The molecule has 2 fully saturated rings. The van der Waals surface area contributed by atoms with Gasteiger partial charge in [-0.15, -0.1) is 0 Å². The predicted octanol–water partition coefficient (Wildman–Crippen LogP) is 1.33. The number of carbonyl (C=O) groups is 1. The summed E-state index contributed by atoms with van der Waals surface area (Å²) >= 11 is 0. The maximum absolute atomic E-state index is 11.9. The fourth-order valence-corrected chi connectivity index (χ4v) is 2.06. The third kappa shape index (κ3) is 2.60. The summed E-state index contributed by atoms with van der Waals surface area (Å²) in [5, 5.41) is 19.1. The summed E-state index contributed by atoms with van der Waals surface area (Å²) in [6.45, 7) is 0. The van der Waals surface area contributed by atoms with Crippen LogP contribution in [0.4, 0.5) is 5.69 Å². The van der Waals surface area contributed by atoms with Crippen LogP contribution in [0.3, 0.4) is 0 Å². The van der Waals surface area contributed by atoms with Crippen molar-refractivity contribution in [2.45, 2.75) is 31.5 Å². The van der Waals surface area contributed by atoms with Crippen LogP contribution in [0, 0.1) is 5.21 Å². The van der Waals surface area contributed by atoms with E-state index in [4.69, 9.17) is 24.5 Å². The maximum atomic E-state index is 11.9. The summed E-state index contributed by atoms with van der Waals surface area (Å²) in [6, 6.07) is 5.40. The Morgan fingerprint density at radius 3 is 2.75 bits per heavy atom. The van der Waals surface area contributed by atoms with E-state index in [0.29, 0.717) is 12.8 Å². The average molecular weight is 282 g/mol. The number of fused-ring (bicyclic) bond motifs is 2. The van der Waals surface area contributed by atoms with Gasteiger partial charge >= 0.3 is 5.97 Å². The highest BCUT2D eigenvalue weighted by atomic mass is 17.3. The molecular formula is C12H12NO7-. The third-order valence-corrected chi connectivity index (χ3v) is 3.12. The van der Waals surface area contributed by atoms with Crippen LogP contribution < -0.4 is 5.23 Å². The van der Waals surface area contributed by atoms with Crippen LogP contribution in [-0.4, -0.2) is 29.9 Å². The Morgan fingerprint density at radius 1 is 1.30 bits per heavy atom. The fourth-order valence-electron chi connectivity index (χ4n) is 2.06. The monoisotopic (exact) mass is 282 g/mol. The molecular weight excluding hydrogens is 270 g/mol. The van der Waals surface area contributed by atoms with Crippen molar-refractivity contribution >= 4 is 11.7 Å². The van der Waals surface area contributed by atoms with Gasteiger partial charge < -0.3 is 19.9 Å². The van der Waals surface area contributed by atoms with Gasteiger partial charge in [0, 0.05) is 6.42 Å². The lowest BCUT2D eigenvalue weighted by Gasteiger charge is -2.25. The van der Waals surface area contributed by atoms with E-state index < -0.39 is 18.4 Å². The van der Waals surface area contributed by atoms with Gasteiger partial charge in [0.1, 0.15) is 0 Å². The molecule has 0 aromatic heterocycles. The molecule has 108 valence electrons. The molecule has 3 rings (SSSR count). The van der Waals surface area contributed by atoms with Crippen molar-refractivity contribution in [1.82, 2.24) is 0 Å². The highest BCUT2D eigenvalue weighted by Crippen LogP contribution is 2.30. The van der Waals surface area contributed by atoms with E-state index in [2.05, 4.69) is 0 Å². The number of benzene rings is 1. The number of rotatable bonds is 3. The fraction of sp³-hybridized carbons (Fsp3) is 0.417. The SMILES string of the molecule is O=C(OC1CCC2OOC1O2)c1ccc(N([O-])O)cc1. The minimum atomic E-state index is -0.702. The molecule has 2 aliphatic heterocycles. The standard InChI is InChI=1S/C12H12NO7/c14-11(7-1-3-8(4-2-7)13(15)16)17-9-5-6-10-18-12(9)20-19-10/h1-4,9-10,12,15H,5-6H2/q-1. The maximum Gasteiger partial charge on any atom is 0.338 e. The number of nitrogens with zero attached hydrogens (tertiary/aromatic N) is 1. The number of hydrogen-bond acceptors (Lipinski definition) is 8. The first kappa shape index (κ1) is 13.3. The van der Waals surface area contributed by atoms with Gasteiger partial charge in [-0.2, -0.15) is 4.89 Å². The van der Waals surface area contributed by atoms with Crippen LogP contribution in [0.2, 0.25) is 0 Å². The minimum absolute atomic E-state index is 0.0258. The molecule has 8 heteroatoms. The Kier molecular flexibility index (Phi) is 3.55. The molecule has 0 aliphatic carbocycles. The van der Waals surface area contributed by atoms with E-state index in [1.807, 2.05) is 0 Å². The molecule has 20 heavy (non-hydrogen) atoms. The molecule has 2 heterocycles. The molecule has 0 amide bonds. The average Bonchev–Trinajstić information content (AvgIpc) is 2.85. The Balaban J connectivity index is 1.64. The summed E-state index contributed by atoms with van der Waals surface area (Å²) in [5.41, 5.74) is 0.287. The Hall–Kier alpha value is -1.71. The summed E-state index contributed by atoms with van der Waals surface area (Å²) < 4.78 is 10.6. The predicted molar refractivity (Wildman–Crippen MR) is 63.3 cm³/mol. The Labute approximate surface area is 113 Å². The van der Waals surface area contributed by atoms with E-state index in [-0.39, 0.29) is 22.8 Å². The van der Waals surface area contributed by atoms with Gasteiger partial charge in [-0.05, 0) is 30.7 Å². The van der Waals surface area contributed by atoms with E-state index in [1.54, 1.807) is 0 Å². The van der Waals surface area contributed by atoms with Crippen LogP contribution in [0.1, 0.15) is 23.2 Å². The van der Waals surface area contributed by atoms with Gasteiger partial charge in [-0.25, -0.2) is 9.68 Å². The van der Waals surface area contributed by atoms with E-state index in [9.17, 15) is 10.0 Å². The molecule has 1 aromatic carbocycles. The second kappa shape index (κ2) is 5.35. The van der Waals surface area contributed by atoms with Crippen molar-refractivity contribution in [3.05, 3.63) is 35.0 Å². The van der Waals surface area contributed by atoms with Gasteiger partial charge in [0.05, 0.1) is 11.3 Å². The quantitative estimate of drug-likeness (QED) is 0.503. The van der Waals surface area contributed by atoms with Crippen molar-refractivity contribution in [1.29, 1.82) is 0 Å². The second-order valence-electron chi connectivity index (χ2n) is 4.47. The van der Waals surface area contributed by atoms with Crippen molar-refractivity contribution in [2.75, 3.05) is 5.23 Å². The van der Waals surface area contributed by atoms with Crippen LogP contribution in [0.5, 0.6) is 0 Å². The molecule has 2 aliphatic rings. The number of hydrogen-bond donors (Lipinski definition) is 1. The largest absolute Gasteiger partial charge is 0.733 e. The molecule has 3 atom stereocenters. The first-order valence-corrected chi connectivity index (χ1v) is 6.08. The zero-order valence-electron chi connectivity index (χ0n) is 10.3. The highest BCUT2D eigenvalue weighted by molar-refractivity contribution is 5.90. The summed E-state index contributed by atoms with van der Waals surface area (Å²) in [7, 11) is 0. The summed E-state index contributed by atoms with van der Waals surface area (Å²) in [6.07, 6.45) is -0.448. The van der Waals surface area contributed by atoms with Gasteiger partial charge in [-0.3, -0.25) is 5.21 Å². The molecule has 1 aromatic rings. The number of esters is 1. The highest BCUT2D eigenvalue weighted by Gasteiger charge is 2.42. The van der Waals surface area contributed by atoms with Gasteiger partial charge in [0.2, 0.25) is 6.29 Å². The number of ether oxygens (including phenoxy) is 2. The zero-order chi connectivity index (χ0) is 14.1. The summed E-state index contributed by atoms with van der Waals surface area (Å²) in [4.78, 5) is 21.7. The van der Waals surface area contributed by atoms with E-state index >= 15 is 0 Å². The Bertz CT molecular complexity index is 489. The van der Waals surface area contributed by atoms with Crippen molar-refractivity contribution in [3.63, 3.8) is 0 Å². The molecule has 2 saturated heterocycles. The lowest BCUT2D eigenvalue weighted by Crippen LogP contribution is -2.36. The van der Waals surface area contributed by atoms with Crippen molar-refractivity contribution in [3.8, 4) is 0 Å². The van der Waals surface area contributed by atoms with Crippen molar-refractivity contribution in [2.24, 2.45) is 0 Å². The molecule has 3 unspecified atom stereocenters. The van der Waals surface area contributed by atoms with E-state index in [1.165, 1.54) is 24.3 Å². The lowest BCUT2D eigenvalue weighted by molar-refractivity contribution is -0.298. The lowest BCUT2D eigenvalue weighted by atomic mass is 10.1. The smallest absolute Gasteiger partial charge is 0.338 e. The molecule has 2 bridgehead atoms. The van der Waals surface area contributed by atoms with Crippen LogP contribution in [0.15, 0.2) is 24.3 Å². The molecule has 1 N–H and O–H groups in total. The van der Waals surface area contributed by atoms with Gasteiger partial charge in [0.25, 0.3) is 0 Å². The first-order valence-electron chi connectivity index (χ1n) is 6.08. The number of anilines is 1. The van der Waals surface area contributed by atoms with Crippen LogP contribution >= 0.6 is 0 Å². The van der Waals surface area contributed by atoms with Crippen LogP contribution in [0.25, 0.3) is 0 Å². The van der Waals surface area contributed by atoms with Gasteiger partial charge in [-0.1, -0.05) is 0 Å². The Morgan fingerprint density at radius 2 is 2.05 bits per heavy atom. The van der Waals surface area contributed by atoms with Crippen molar-refractivity contribution < 1.29 is 29.3 Å². The molecule has 0 radical (unpaired) electrons. The van der Waals surface area contributed by atoms with Gasteiger partial charge in [0.15, 0.2) is 12.4 Å². The molecule has 8 nitrogen and oxygen atoms in total. The topological polar surface area (TPSA) is 101 Å². The molecule has 0 spiro atoms. The van der Waals surface area contributed by atoms with E-state index in [0.717, 1.165) is 0 Å². The summed E-state index contributed by atoms with van der Waals surface area (Å²) in [5.74, 6) is -0.561. The first-order chi connectivity index (χ1) is 9.63. The number of carbonyl (C=O) groups excluding carboxylic acids is 1.